The van der Waals surface area contributed by atoms with Crippen molar-refractivity contribution < 1.29 is 14.1 Å². The zero-order valence-electron chi connectivity index (χ0n) is 20.4. The summed E-state index contributed by atoms with van der Waals surface area (Å²) in [7, 11) is 0. The molecule has 0 spiro atoms. The van der Waals surface area contributed by atoms with E-state index in [9.17, 15) is 9.59 Å². The molecule has 3 N–H and O–H groups in total. The Bertz CT molecular complexity index is 1430. The summed E-state index contributed by atoms with van der Waals surface area (Å²) in [6.45, 7) is 6.21. The maximum Gasteiger partial charge on any atom is 0.299 e. The van der Waals surface area contributed by atoms with E-state index in [1.807, 2.05) is 11.3 Å². The minimum atomic E-state index is -0.361. The number of rotatable bonds is 8. The number of amides is 2. The van der Waals surface area contributed by atoms with Crippen molar-refractivity contribution in [2.75, 3.05) is 17.6 Å². The van der Waals surface area contributed by atoms with Gasteiger partial charge >= 0.3 is 0 Å². The van der Waals surface area contributed by atoms with Crippen LogP contribution >= 0.6 is 0 Å². The highest BCUT2D eigenvalue weighted by Crippen LogP contribution is 2.32. The van der Waals surface area contributed by atoms with Crippen LogP contribution in [0.25, 0.3) is 16.8 Å². The topological polar surface area (TPSA) is 132 Å². The van der Waals surface area contributed by atoms with Crippen LogP contribution in [0.15, 0.2) is 53.5 Å². The molecule has 184 valence electrons. The summed E-state index contributed by atoms with van der Waals surface area (Å²) in [6, 6.07) is 8.18. The van der Waals surface area contributed by atoms with Crippen LogP contribution in [0.2, 0.25) is 0 Å². The number of nitrogen functional groups attached to an aromatic ring is 1. The van der Waals surface area contributed by atoms with E-state index in [4.69, 9.17) is 15.2 Å². The fourth-order valence-electron chi connectivity index (χ4n) is 3.95. The van der Waals surface area contributed by atoms with Crippen molar-refractivity contribution in [3.05, 3.63) is 60.4 Å². The highest BCUT2D eigenvalue weighted by Gasteiger charge is 2.26. The van der Waals surface area contributed by atoms with E-state index in [-0.39, 0.29) is 17.9 Å². The molecular weight excluding hydrogens is 458 g/mol. The maximum atomic E-state index is 12.8. The smallest absolute Gasteiger partial charge is 0.299 e. The first kappa shape index (κ1) is 24.5. The molecule has 0 aliphatic rings. The van der Waals surface area contributed by atoms with Crippen LogP contribution in [-0.2, 0) is 4.79 Å². The molecule has 36 heavy (non-hydrogen) atoms. The summed E-state index contributed by atoms with van der Waals surface area (Å²) in [6.07, 6.45) is 6.55. The Labute approximate surface area is 208 Å². The van der Waals surface area contributed by atoms with Gasteiger partial charge < -0.3 is 20.5 Å². The first-order valence-corrected chi connectivity index (χ1v) is 11.6. The fraction of sp³-hybridized carbons (Fsp3) is 0.269. The predicted molar refractivity (Wildman–Crippen MR) is 136 cm³/mol. The van der Waals surface area contributed by atoms with Crippen molar-refractivity contribution >= 4 is 29.0 Å². The van der Waals surface area contributed by atoms with E-state index in [1.54, 1.807) is 54.5 Å². The predicted octanol–water partition coefficient (Wildman–Crippen LogP) is 3.93. The number of anilines is 2. The minimum absolute atomic E-state index is 0.249. The SMILES string of the molecule is CC#CC(=O)N(CCCC)[C@@H](C)c1nc(-c2ccc(C(=O)Nc3ccon3)cc2)c2c(N)nccn12. The Hall–Kier alpha value is -4.65. The monoisotopic (exact) mass is 485 g/mol. The summed E-state index contributed by atoms with van der Waals surface area (Å²) >= 11 is 0. The molecule has 0 unspecified atom stereocenters. The number of fused-ring (bicyclic) bond motifs is 1. The molecule has 0 saturated carbocycles. The minimum Gasteiger partial charge on any atom is -0.382 e. The number of hydrogen-bond acceptors (Lipinski definition) is 7. The second-order valence-electron chi connectivity index (χ2n) is 8.17. The summed E-state index contributed by atoms with van der Waals surface area (Å²) in [5.41, 5.74) is 8.70. The first-order valence-electron chi connectivity index (χ1n) is 11.6. The molecule has 1 atom stereocenters. The Morgan fingerprint density at radius 2 is 2.03 bits per heavy atom. The van der Waals surface area contributed by atoms with Gasteiger partial charge in [0, 0.05) is 36.1 Å². The van der Waals surface area contributed by atoms with Crippen molar-refractivity contribution in [3.8, 4) is 23.1 Å². The van der Waals surface area contributed by atoms with Crippen molar-refractivity contribution in [2.24, 2.45) is 0 Å². The van der Waals surface area contributed by atoms with Gasteiger partial charge in [-0.15, -0.1) is 0 Å². The average Bonchev–Trinajstić information content (AvgIpc) is 3.53. The quantitative estimate of drug-likeness (QED) is 0.361. The number of nitrogens with one attached hydrogen (secondary N) is 1. The fourth-order valence-corrected chi connectivity index (χ4v) is 3.95. The van der Waals surface area contributed by atoms with Crippen molar-refractivity contribution in [2.45, 2.75) is 39.7 Å². The van der Waals surface area contributed by atoms with Crippen LogP contribution in [0.4, 0.5) is 11.6 Å². The Morgan fingerprint density at radius 1 is 1.25 bits per heavy atom. The van der Waals surface area contributed by atoms with Gasteiger partial charge in [-0.3, -0.25) is 14.0 Å². The lowest BCUT2D eigenvalue weighted by atomic mass is 10.1. The molecule has 0 aliphatic carbocycles. The molecule has 10 nitrogen and oxygen atoms in total. The molecule has 3 heterocycles. The van der Waals surface area contributed by atoms with Gasteiger partial charge in [-0.05, 0) is 38.3 Å². The number of benzene rings is 1. The standard InChI is InChI=1S/C26H27N7O3/c1-4-6-14-32(21(34)7-5-2)17(3)25-30-22(23-24(27)28-13-15-33(23)25)18-8-10-19(11-9-18)26(35)29-20-12-16-36-31-20/h8-13,15-17H,4,6,14H2,1-3H3,(H2,27,28)(H,29,31,35)/t17-/m0/s1. The summed E-state index contributed by atoms with van der Waals surface area (Å²) in [4.78, 5) is 36.2. The lowest BCUT2D eigenvalue weighted by molar-refractivity contribution is -0.127. The molecule has 2 amide bonds. The molecule has 0 radical (unpaired) electrons. The second kappa shape index (κ2) is 10.7. The molecular formula is C26H27N7O3. The normalized spacial score (nSPS) is 11.5. The highest BCUT2D eigenvalue weighted by molar-refractivity contribution is 6.04. The lowest BCUT2D eigenvalue weighted by Gasteiger charge is -2.26. The van der Waals surface area contributed by atoms with Gasteiger partial charge in [-0.2, -0.15) is 0 Å². The second-order valence-corrected chi connectivity index (χ2v) is 8.17. The molecule has 0 saturated heterocycles. The molecule has 10 heteroatoms. The molecule has 1 aromatic carbocycles. The Balaban J connectivity index is 1.72. The lowest BCUT2D eigenvalue weighted by Crippen LogP contribution is -2.34. The van der Waals surface area contributed by atoms with Gasteiger partial charge in [0.05, 0.1) is 6.04 Å². The largest absolute Gasteiger partial charge is 0.382 e. The third-order valence-electron chi connectivity index (χ3n) is 5.80. The number of nitrogens with two attached hydrogens (primary N) is 1. The molecule has 0 aliphatic heterocycles. The van der Waals surface area contributed by atoms with E-state index in [0.29, 0.717) is 40.8 Å². The third-order valence-corrected chi connectivity index (χ3v) is 5.80. The van der Waals surface area contributed by atoms with Gasteiger partial charge in [0.15, 0.2) is 5.82 Å². The van der Waals surface area contributed by atoms with Crippen LogP contribution in [-0.4, -0.2) is 42.8 Å². The van der Waals surface area contributed by atoms with Crippen LogP contribution in [0.1, 0.15) is 55.8 Å². The molecule has 4 aromatic rings. The number of aromatic nitrogens is 4. The van der Waals surface area contributed by atoms with E-state index in [1.165, 1.54) is 6.26 Å². The van der Waals surface area contributed by atoms with Crippen molar-refractivity contribution in [1.82, 2.24) is 24.4 Å². The average molecular weight is 486 g/mol. The Morgan fingerprint density at radius 3 is 2.69 bits per heavy atom. The molecule has 0 fully saturated rings. The number of nitrogens with zero attached hydrogens (tertiary/aromatic N) is 5. The maximum absolute atomic E-state index is 12.8. The molecule has 0 bridgehead atoms. The molecule has 3 aromatic heterocycles. The number of imidazole rings is 1. The van der Waals surface area contributed by atoms with Gasteiger partial charge in [0.2, 0.25) is 0 Å². The summed E-state index contributed by atoms with van der Waals surface area (Å²) < 4.78 is 6.60. The van der Waals surface area contributed by atoms with Crippen molar-refractivity contribution in [3.63, 3.8) is 0 Å². The third kappa shape index (κ3) is 4.90. The number of carbonyl (C=O) groups excluding carboxylic acids is 2. The van der Waals surface area contributed by atoms with Crippen molar-refractivity contribution in [1.29, 1.82) is 0 Å². The van der Waals surface area contributed by atoms with Gasteiger partial charge in [-0.25, -0.2) is 9.97 Å². The van der Waals surface area contributed by atoms with Gasteiger partial charge in [-0.1, -0.05) is 36.6 Å². The van der Waals surface area contributed by atoms with E-state index in [2.05, 4.69) is 34.2 Å². The van der Waals surface area contributed by atoms with E-state index in [0.717, 1.165) is 18.4 Å². The van der Waals surface area contributed by atoms with Crippen LogP contribution in [0.3, 0.4) is 0 Å². The highest BCUT2D eigenvalue weighted by atomic mass is 16.5. The van der Waals surface area contributed by atoms with Crippen LogP contribution in [0.5, 0.6) is 0 Å². The molecule has 4 rings (SSSR count). The summed E-state index contributed by atoms with van der Waals surface area (Å²) in [5, 5.41) is 6.35. The van der Waals surface area contributed by atoms with E-state index < -0.39 is 0 Å². The number of hydrogen-bond donors (Lipinski definition) is 2. The zero-order chi connectivity index (χ0) is 25.7. The first-order chi connectivity index (χ1) is 17.4. The van der Waals surface area contributed by atoms with E-state index >= 15 is 0 Å². The van der Waals surface area contributed by atoms with Gasteiger partial charge in [0.1, 0.15) is 29.1 Å². The number of carbonyl (C=O) groups is 2. The van der Waals surface area contributed by atoms with Crippen LogP contribution < -0.4 is 11.1 Å². The Kier molecular flexibility index (Phi) is 7.30. The summed E-state index contributed by atoms with van der Waals surface area (Å²) in [5.74, 6) is 6.06. The van der Waals surface area contributed by atoms with Crippen LogP contribution in [0, 0.1) is 11.8 Å². The van der Waals surface area contributed by atoms with Gasteiger partial charge in [0.25, 0.3) is 11.8 Å². The zero-order valence-corrected chi connectivity index (χ0v) is 20.4. The number of unbranched alkanes of at least 4 members (excludes halogenated alkanes) is 1.